The van der Waals surface area contributed by atoms with Crippen molar-refractivity contribution in [2.45, 2.75) is 73.6 Å². The minimum absolute atomic E-state index is 0.183. The average Bonchev–Trinajstić information content (AvgIpc) is 3.13. The van der Waals surface area contributed by atoms with E-state index in [2.05, 4.69) is 179 Å². The van der Waals surface area contributed by atoms with E-state index in [4.69, 9.17) is 5.11 Å². The maximum Gasteiger partial charge on any atom is 0.303 e. The van der Waals surface area contributed by atoms with Crippen molar-refractivity contribution in [2.24, 2.45) is 0 Å². The number of rotatable bonds is 13. The number of nitrogens with zero attached hydrogens (tertiary/aromatic N) is 2. The lowest BCUT2D eigenvalue weighted by Gasteiger charge is -2.29. The van der Waals surface area contributed by atoms with Gasteiger partial charge >= 0.3 is 5.97 Å². The summed E-state index contributed by atoms with van der Waals surface area (Å²) in [4.78, 5) is 15.7. The van der Waals surface area contributed by atoms with Crippen LogP contribution in [-0.2, 0) is 17.6 Å². The first-order valence-electron chi connectivity index (χ1n) is 18.5. The molecule has 0 fully saturated rings. The maximum absolute atomic E-state index is 11.0. The Balaban J connectivity index is 1.34. The van der Waals surface area contributed by atoms with Crippen LogP contribution >= 0.6 is 0 Å². The standard InChI is InChI=1S/C48H50N2O2/c1-7-9-38-15-24-43(25-16-38)49(42-21-12-33(2)13-22-42)46-28-19-40(30-36(46)5)41-20-29-47(37(6)31-41)50(45-23-14-34(3)35(4)32-45)44-26-17-39(18-27-44)10-8-11-48(51)52/h12-32H,7-11H2,1-6H3,(H,51,52). The Morgan fingerprint density at radius 2 is 0.962 bits per heavy atom. The van der Waals surface area contributed by atoms with Crippen LogP contribution in [0.3, 0.4) is 0 Å². The third-order valence-corrected chi connectivity index (χ3v) is 10.0. The van der Waals surface area contributed by atoms with Gasteiger partial charge in [0.05, 0.1) is 0 Å². The minimum Gasteiger partial charge on any atom is -0.481 e. The molecular formula is C48H50N2O2. The number of hydrogen-bond acceptors (Lipinski definition) is 3. The Kier molecular flexibility index (Phi) is 11.2. The van der Waals surface area contributed by atoms with E-state index < -0.39 is 5.97 Å². The number of benzene rings is 6. The molecule has 0 bridgehead atoms. The van der Waals surface area contributed by atoms with Crippen LogP contribution in [0.15, 0.2) is 127 Å². The Morgan fingerprint density at radius 1 is 0.500 bits per heavy atom. The zero-order valence-corrected chi connectivity index (χ0v) is 31.4. The van der Waals surface area contributed by atoms with Gasteiger partial charge in [-0.2, -0.15) is 0 Å². The lowest BCUT2D eigenvalue weighted by molar-refractivity contribution is -0.137. The molecule has 6 aromatic rings. The number of anilines is 6. The Morgan fingerprint density at radius 3 is 1.42 bits per heavy atom. The summed E-state index contributed by atoms with van der Waals surface area (Å²) in [7, 11) is 0. The second-order valence-corrected chi connectivity index (χ2v) is 14.1. The number of carboxylic acids is 1. The van der Waals surface area contributed by atoms with Crippen molar-refractivity contribution >= 4 is 40.1 Å². The van der Waals surface area contributed by atoms with Crippen LogP contribution in [0.5, 0.6) is 0 Å². The number of hydrogen-bond donors (Lipinski definition) is 1. The molecule has 0 saturated heterocycles. The fourth-order valence-electron chi connectivity index (χ4n) is 6.94. The van der Waals surface area contributed by atoms with E-state index in [9.17, 15) is 4.79 Å². The molecule has 6 rings (SSSR count). The number of carboxylic acid groups (broad SMARTS) is 1. The van der Waals surface area contributed by atoms with E-state index in [0.29, 0.717) is 6.42 Å². The molecule has 0 unspecified atom stereocenters. The van der Waals surface area contributed by atoms with Crippen LogP contribution in [0.25, 0.3) is 11.1 Å². The highest BCUT2D eigenvalue weighted by atomic mass is 16.4. The molecule has 0 amide bonds. The van der Waals surface area contributed by atoms with Crippen molar-refractivity contribution in [2.75, 3.05) is 9.80 Å². The van der Waals surface area contributed by atoms with Gasteiger partial charge in [-0.25, -0.2) is 0 Å². The van der Waals surface area contributed by atoms with Crippen molar-refractivity contribution in [3.63, 3.8) is 0 Å². The van der Waals surface area contributed by atoms with Crippen molar-refractivity contribution < 1.29 is 9.90 Å². The highest BCUT2D eigenvalue weighted by molar-refractivity contribution is 5.83. The van der Waals surface area contributed by atoms with Crippen LogP contribution in [0.1, 0.15) is 65.1 Å². The largest absolute Gasteiger partial charge is 0.481 e. The van der Waals surface area contributed by atoms with Crippen molar-refractivity contribution in [3.05, 3.63) is 166 Å². The maximum atomic E-state index is 11.0. The van der Waals surface area contributed by atoms with Crippen molar-refractivity contribution in [1.82, 2.24) is 0 Å². The van der Waals surface area contributed by atoms with Gasteiger partial charge < -0.3 is 14.9 Å². The smallest absolute Gasteiger partial charge is 0.303 e. The first kappa shape index (κ1) is 36.2. The van der Waals surface area contributed by atoms with Gasteiger partial charge in [-0.1, -0.05) is 73.5 Å². The van der Waals surface area contributed by atoms with Crippen molar-refractivity contribution in [1.29, 1.82) is 0 Å². The normalized spacial score (nSPS) is 11.0. The molecule has 4 nitrogen and oxygen atoms in total. The van der Waals surface area contributed by atoms with Crippen LogP contribution in [0.4, 0.5) is 34.1 Å². The van der Waals surface area contributed by atoms with Gasteiger partial charge in [0, 0.05) is 40.5 Å². The lowest BCUT2D eigenvalue weighted by atomic mass is 9.98. The quantitative estimate of drug-likeness (QED) is 0.131. The summed E-state index contributed by atoms with van der Waals surface area (Å²) in [6.07, 6.45) is 3.78. The van der Waals surface area contributed by atoms with Gasteiger partial charge in [-0.3, -0.25) is 4.79 Å². The zero-order valence-electron chi connectivity index (χ0n) is 31.4. The molecule has 1 N–H and O–H groups in total. The molecule has 0 heterocycles. The van der Waals surface area contributed by atoms with Gasteiger partial charge in [0.15, 0.2) is 0 Å². The molecule has 0 aromatic heterocycles. The van der Waals surface area contributed by atoms with Gasteiger partial charge in [-0.15, -0.1) is 0 Å². The SMILES string of the molecule is CCCc1ccc(N(c2ccc(C)cc2)c2ccc(-c3ccc(N(c4ccc(CCCC(=O)O)cc4)c4ccc(C)c(C)c4)c(C)c3)cc2C)cc1. The summed E-state index contributed by atoms with van der Waals surface area (Å²) < 4.78 is 0. The van der Waals surface area contributed by atoms with E-state index in [-0.39, 0.29) is 6.42 Å². The molecule has 0 saturated carbocycles. The summed E-state index contributed by atoms with van der Waals surface area (Å²) in [6.45, 7) is 13.1. The van der Waals surface area contributed by atoms with E-state index in [1.54, 1.807) is 0 Å². The van der Waals surface area contributed by atoms with Gasteiger partial charge in [0.1, 0.15) is 0 Å². The van der Waals surface area contributed by atoms with E-state index in [0.717, 1.165) is 59.0 Å². The minimum atomic E-state index is -0.750. The predicted molar refractivity (Wildman–Crippen MR) is 219 cm³/mol. The Labute approximate surface area is 310 Å². The Bertz CT molecular complexity index is 2150. The first-order valence-corrected chi connectivity index (χ1v) is 18.5. The van der Waals surface area contributed by atoms with Gasteiger partial charge in [0.25, 0.3) is 0 Å². The molecule has 6 aromatic carbocycles. The van der Waals surface area contributed by atoms with Crippen LogP contribution in [-0.4, -0.2) is 11.1 Å². The molecule has 0 atom stereocenters. The summed E-state index contributed by atoms with van der Waals surface area (Å²) in [5.74, 6) is -0.750. The zero-order chi connectivity index (χ0) is 36.8. The van der Waals surface area contributed by atoms with E-state index >= 15 is 0 Å². The lowest BCUT2D eigenvalue weighted by Crippen LogP contribution is -2.12. The fourth-order valence-corrected chi connectivity index (χ4v) is 6.94. The fraction of sp³-hybridized carbons (Fsp3) is 0.229. The highest BCUT2D eigenvalue weighted by Gasteiger charge is 2.18. The number of aliphatic carboxylic acids is 1. The summed E-state index contributed by atoms with van der Waals surface area (Å²) in [5, 5.41) is 9.07. The molecule has 0 aliphatic carbocycles. The molecule has 264 valence electrons. The topological polar surface area (TPSA) is 43.8 Å². The van der Waals surface area contributed by atoms with E-state index in [1.807, 2.05) is 0 Å². The molecule has 0 aliphatic heterocycles. The highest BCUT2D eigenvalue weighted by Crippen LogP contribution is 2.41. The van der Waals surface area contributed by atoms with E-state index in [1.165, 1.54) is 44.5 Å². The monoisotopic (exact) mass is 686 g/mol. The summed E-state index contributed by atoms with van der Waals surface area (Å²) in [6, 6.07) is 46.5. The number of carbonyl (C=O) groups is 1. The first-order chi connectivity index (χ1) is 25.1. The molecule has 0 aliphatic rings. The average molecular weight is 687 g/mol. The number of aryl methyl sites for hydroxylation is 7. The van der Waals surface area contributed by atoms with Crippen molar-refractivity contribution in [3.8, 4) is 11.1 Å². The predicted octanol–water partition coefficient (Wildman–Crippen LogP) is 13.2. The summed E-state index contributed by atoms with van der Waals surface area (Å²) in [5.41, 5.74) is 17.8. The Hall–Kier alpha value is -5.61. The molecule has 52 heavy (non-hydrogen) atoms. The molecule has 4 heteroatoms. The molecule has 0 radical (unpaired) electrons. The third kappa shape index (κ3) is 8.29. The van der Waals surface area contributed by atoms with Crippen LogP contribution in [0.2, 0.25) is 0 Å². The second-order valence-electron chi connectivity index (χ2n) is 14.1. The second kappa shape index (κ2) is 16.2. The van der Waals surface area contributed by atoms with Crippen LogP contribution in [0, 0.1) is 34.6 Å². The molecule has 0 spiro atoms. The van der Waals surface area contributed by atoms with Gasteiger partial charge in [0.2, 0.25) is 0 Å². The third-order valence-electron chi connectivity index (χ3n) is 10.0. The summed E-state index contributed by atoms with van der Waals surface area (Å²) >= 11 is 0. The van der Waals surface area contributed by atoms with Gasteiger partial charge in [-0.05, 0) is 171 Å². The van der Waals surface area contributed by atoms with Crippen LogP contribution < -0.4 is 9.80 Å². The molecular weight excluding hydrogens is 637 g/mol.